The minimum Gasteiger partial charge on any atom is -0.497 e. The van der Waals surface area contributed by atoms with Gasteiger partial charge in [-0.1, -0.05) is 0 Å². The minimum absolute atomic E-state index is 0.363. The van der Waals surface area contributed by atoms with Crippen molar-refractivity contribution in [3.8, 4) is 11.5 Å². The molecular formula is C15H21NO3. The summed E-state index contributed by atoms with van der Waals surface area (Å²) in [6, 6.07) is 6.96. The van der Waals surface area contributed by atoms with Crippen LogP contribution >= 0.6 is 0 Å². The van der Waals surface area contributed by atoms with Crippen molar-refractivity contribution in [2.75, 3.05) is 26.9 Å². The molecule has 1 unspecified atom stereocenters. The van der Waals surface area contributed by atoms with Crippen molar-refractivity contribution in [2.24, 2.45) is 0 Å². The van der Waals surface area contributed by atoms with E-state index >= 15 is 0 Å². The Hall–Kier alpha value is -1.26. The van der Waals surface area contributed by atoms with Crippen molar-refractivity contribution in [1.82, 2.24) is 5.32 Å². The van der Waals surface area contributed by atoms with E-state index in [-0.39, 0.29) is 0 Å². The molecule has 1 atom stereocenters. The van der Waals surface area contributed by atoms with E-state index in [1.54, 1.807) is 7.11 Å². The van der Waals surface area contributed by atoms with E-state index in [9.17, 15) is 0 Å². The smallest absolute Gasteiger partial charge is 0.124 e. The lowest BCUT2D eigenvalue weighted by molar-refractivity contribution is 0.0727. The van der Waals surface area contributed by atoms with Crippen LogP contribution < -0.4 is 14.8 Å². The Morgan fingerprint density at radius 1 is 1.16 bits per heavy atom. The number of hydrogen-bond donors (Lipinski definition) is 1. The zero-order chi connectivity index (χ0) is 13.1. The molecule has 2 aliphatic rings. The van der Waals surface area contributed by atoms with E-state index < -0.39 is 0 Å². The Morgan fingerprint density at radius 3 is 2.79 bits per heavy atom. The van der Waals surface area contributed by atoms with Gasteiger partial charge in [-0.15, -0.1) is 0 Å². The van der Waals surface area contributed by atoms with Gasteiger partial charge in [0.2, 0.25) is 0 Å². The molecule has 0 amide bonds. The molecule has 0 radical (unpaired) electrons. The number of benzene rings is 1. The molecule has 4 nitrogen and oxygen atoms in total. The van der Waals surface area contributed by atoms with Crippen molar-refractivity contribution in [1.29, 1.82) is 0 Å². The Balaban J connectivity index is 1.76. The van der Waals surface area contributed by atoms with Gasteiger partial charge in [0.1, 0.15) is 11.5 Å². The molecule has 0 saturated carbocycles. The summed E-state index contributed by atoms with van der Waals surface area (Å²) in [5.41, 5.74) is 1.22. The SMILES string of the molecule is COc1ccc2c(c1)C(NC1CCOCC1)CCO2. The van der Waals surface area contributed by atoms with E-state index in [1.165, 1.54) is 5.56 Å². The summed E-state index contributed by atoms with van der Waals surface area (Å²) in [7, 11) is 1.70. The van der Waals surface area contributed by atoms with Crippen molar-refractivity contribution < 1.29 is 14.2 Å². The first-order valence-electron chi connectivity index (χ1n) is 7.01. The van der Waals surface area contributed by atoms with Crippen LogP contribution in [-0.4, -0.2) is 33.0 Å². The highest BCUT2D eigenvalue weighted by Crippen LogP contribution is 2.35. The maximum Gasteiger partial charge on any atom is 0.124 e. The van der Waals surface area contributed by atoms with Gasteiger partial charge in [0, 0.05) is 37.3 Å². The maximum absolute atomic E-state index is 5.72. The molecule has 2 aliphatic heterocycles. The predicted molar refractivity (Wildman–Crippen MR) is 72.8 cm³/mol. The highest BCUT2D eigenvalue weighted by atomic mass is 16.5. The van der Waals surface area contributed by atoms with E-state index in [1.807, 2.05) is 12.1 Å². The molecule has 4 heteroatoms. The molecule has 0 spiro atoms. The largest absolute Gasteiger partial charge is 0.497 e. The number of ether oxygens (including phenoxy) is 3. The number of rotatable bonds is 3. The first-order chi connectivity index (χ1) is 9.36. The maximum atomic E-state index is 5.72. The fourth-order valence-corrected chi connectivity index (χ4v) is 2.82. The van der Waals surface area contributed by atoms with Gasteiger partial charge in [-0.3, -0.25) is 0 Å². The summed E-state index contributed by atoms with van der Waals surface area (Å²) in [6.07, 6.45) is 3.20. The van der Waals surface area contributed by atoms with E-state index in [0.717, 1.165) is 50.6 Å². The molecular weight excluding hydrogens is 242 g/mol. The van der Waals surface area contributed by atoms with Crippen LogP contribution in [0.2, 0.25) is 0 Å². The third kappa shape index (κ3) is 2.85. The van der Waals surface area contributed by atoms with Gasteiger partial charge in [-0.2, -0.15) is 0 Å². The minimum atomic E-state index is 0.363. The summed E-state index contributed by atoms with van der Waals surface area (Å²) in [4.78, 5) is 0. The van der Waals surface area contributed by atoms with E-state index in [4.69, 9.17) is 14.2 Å². The van der Waals surface area contributed by atoms with Gasteiger partial charge in [-0.25, -0.2) is 0 Å². The van der Waals surface area contributed by atoms with Gasteiger partial charge < -0.3 is 19.5 Å². The van der Waals surface area contributed by atoms with Crippen LogP contribution in [0.1, 0.15) is 30.9 Å². The van der Waals surface area contributed by atoms with Crippen molar-refractivity contribution in [3.05, 3.63) is 23.8 Å². The number of methoxy groups -OCH3 is 1. The van der Waals surface area contributed by atoms with Crippen LogP contribution in [0, 0.1) is 0 Å². The van der Waals surface area contributed by atoms with Crippen LogP contribution in [0.4, 0.5) is 0 Å². The van der Waals surface area contributed by atoms with Crippen LogP contribution in [0.3, 0.4) is 0 Å². The van der Waals surface area contributed by atoms with Gasteiger partial charge in [0.25, 0.3) is 0 Å². The summed E-state index contributed by atoms with van der Waals surface area (Å²) < 4.78 is 16.4. The second kappa shape index (κ2) is 5.80. The first-order valence-corrected chi connectivity index (χ1v) is 7.01. The second-order valence-electron chi connectivity index (χ2n) is 5.15. The lowest BCUT2D eigenvalue weighted by Crippen LogP contribution is -2.39. The lowest BCUT2D eigenvalue weighted by atomic mass is 9.97. The topological polar surface area (TPSA) is 39.7 Å². The fraction of sp³-hybridized carbons (Fsp3) is 0.600. The summed E-state index contributed by atoms with van der Waals surface area (Å²) in [6.45, 7) is 2.51. The van der Waals surface area contributed by atoms with Gasteiger partial charge in [-0.05, 0) is 31.0 Å². The Bertz CT molecular complexity index is 429. The number of nitrogens with one attached hydrogen (secondary N) is 1. The summed E-state index contributed by atoms with van der Waals surface area (Å²) in [5.74, 6) is 1.87. The zero-order valence-corrected chi connectivity index (χ0v) is 11.4. The summed E-state index contributed by atoms with van der Waals surface area (Å²) >= 11 is 0. The average Bonchev–Trinajstić information content (AvgIpc) is 2.48. The first kappa shape index (κ1) is 12.8. The molecule has 0 bridgehead atoms. The molecule has 1 aromatic rings. The monoisotopic (exact) mass is 263 g/mol. The second-order valence-corrected chi connectivity index (χ2v) is 5.15. The van der Waals surface area contributed by atoms with Crippen LogP contribution in [0.15, 0.2) is 18.2 Å². The normalized spacial score (nSPS) is 23.5. The van der Waals surface area contributed by atoms with Crippen molar-refractivity contribution in [3.63, 3.8) is 0 Å². The Morgan fingerprint density at radius 2 is 2.00 bits per heavy atom. The molecule has 1 aromatic carbocycles. The van der Waals surface area contributed by atoms with E-state index in [0.29, 0.717) is 12.1 Å². The number of fused-ring (bicyclic) bond motifs is 1. The summed E-state index contributed by atoms with van der Waals surface area (Å²) in [5, 5.41) is 3.75. The Labute approximate surface area is 114 Å². The molecule has 19 heavy (non-hydrogen) atoms. The van der Waals surface area contributed by atoms with Crippen molar-refractivity contribution >= 4 is 0 Å². The van der Waals surface area contributed by atoms with Crippen LogP contribution in [0.25, 0.3) is 0 Å². The number of hydrogen-bond acceptors (Lipinski definition) is 4. The lowest BCUT2D eigenvalue weighted by Gasteiger charge is -2.32. The molecule has 1 saturated heterocycles. The quantitative estimate of drug-likeness (QED) is 0.908. The molecule has 104 valence electrons. The van der Waals surface area contributed by atoms with E-state index in [2.05, 4.69) is 11.4 Å². The molecule has 3 rings (SSSR count). The third-order valence-electron chi connectivity index (χ3n) is 3.91. The molecule has 2 heterocycles. The van der Waals surface area contributed by atoms with Gasteiger partial charge in [0.05, 0.1) is 13.7 Å². The average molecular weight is 263 g/mol. The molecule has 1 N–H and O–H groups in total. The van der Waals surface area contributed by atoms with Gasteiger partial charge in [0.15, 0.2) is 0 Å². The Kier molecular flexibility index (Phi) is 3.89. The fourth-order valence-electron chi connectivity index (χ4n) is 2.82. The third-order valence-corrected chi connectivity index (χ3v) is 3.91. The standard InChI is InChI=1S/C15H21NO3/c1-17-12-2-3-15-13(10-12)14(6-9-19-15)16-11-4-7-18-8-5-11/h2-3,10-11,14,16H,4-9H2,1H3. The van der Waals surface area contributed by atoms with Crippen LogP contribution in [-0.2, 0) is 4.74 Å². The molecule has 0 aliphatic carbocycles. The van der Waals surface area contributed by atoms with Gasteiger partial charge >= 0.3 is 0 Å². The zero-order valence-electron chi connectivity index (χ0n) is 11.4. The molecule has 0 aromatic heterocycles. The highest BCUT2D eigenvalue weighted by molar-refractivity contribution is 5.43. The van der Waals surface area contributed by atoms with Crippen molar-refractivity contribution in [2.45, 2.75) is 31.3 Å². The van der Waals surface area contributed by atoms with Crippen LogP contribution in [0.5, 0.6) is 11.5 Å². The molecule has 1 fully saturated rings. The highest BCUT2D eigenvalue weighted by Gasteiger charge is 2.25. The predicted octanol–water partition coefficient (Wildman–Crippen LogP) is 2.29.